The number of benzene rings is 1. The van der Waals surface area contributed by atoms with Crippen molar-refractivity contribution in [1.82, 2.24) is 14.9 Å². The van der Waals surface area contributed by atoms with Crippen molar-refractivity contribution in [2.24, 2.45) is 0 Å². The number of rotatable bonds is 3. The molecule has 28 heavy (non-hydrogen) atoms. The average molecular weight is 397 g/mol. The molecule has 144 valence electrons. The van der Waals surface area contributed by atoms with E-state index in [1.165, 1.54) is 5.56 Å². The van der Waals surface area contributed by atoms with Gasteiger partial charge >= 0.3 is 5.97 Å². The number of aryl methyl sites for hydroxylation is 2. The highest BCUT2D eigenvalue weighted by Crippen LogP contribution is 2.27. The van der Waals surface area contributed by atoms with Crippen LogP contribution in [0.5, 0.6) is 0 Å². The summed E-state index contributed by atoms with van der Waals surface area (Å²) in [4.78, 5) is 46.5. The minimum Gasteiger partial charge on any atom is -0.451 e. The van der Waals surface area contributed by atoms with Crippen LogP contribution in [0.2, 0.25) is 0 Å². The van der Waals surface area contributed by atoms with E-state index in [0.717, 1.165) is 23.3 Å². The van der Waals surface area contributed by atoms with Crippen molar-refractivity contribution in [3.05, 3.63) is 62.0 Å². The number of H-pyrrole nitrogens is 1. The fourth-order valence-electron chi connectivity index (χ4n) is 3.44. The van der Waals surface area contributed by atoms with Gasteiger partial charge in [-0.3, -0.25) is 9.59 Å². The predicted octanol–water partition coefficient (Wildman–Crippen LogP) is 2.34. The minimum atomic E-state index is -0.608. The number of fused-ring (bicyclic) bond motifs is 2. The van der Waals surface area contributed by atoms with Gasteiger partial charge in [0.05, 0.1) is 5.39 Å². The normalized spacial score (nSPS) is 13.4. The van der Waals surface area contributed by atoms with Gasteiger partial charge in [0.25, 0.3) is 11.5 Å². The molecule has 3 aromatic rings. The van der Waals surface area contributed by atoms with E-state index < -0.39 is 5.97 Å². The molecule has 0 spiro atoms. The molecule has 8 heteroatoms. The fraction of sp³-hybridized carbons (Fsp3) is 0.300. The van der Waals surface area contributed by atoms with Crippen LogP contribution >= 0.6 is 11.3 Å². The van der Waals surface area contributed by atoms with Crippen molar-refractivity contribution >= 4 is 33.4 Å². The summed E-state index contributed by atoms with van der Waals surface area (Å²) in [6, 6.07) is 8.02. The summed E-state index contributed by atoms with van der Waals surface area (Å²) < 4.78 is 5.25. The van der Waals surface area contributed by atoms with Gasteiger partial charge in [-0.25, -0.2) is 9.78 Å². The van der Waals surface area contributed by atoms with E-state index in [-0.39, 0.29) is 18.1 Å². The molecular formula is C20H19N3O4S. The number of hydrogen-bond acceptors (Lipinski definition) is 6. The standard InChI is InChI=1S/C20H19N3O4S/c1-11-16-18(25)21-12(2)22-19(16)28-17(11)20(26)27-10-15(24)23-8-7-13-5-3-4-6-14(13)9-23/h3-6H,7-10H2,1-2H3,(H,21,22,25). The van der Waals surface area contributed by atoms with Crippen molar-refractivity contribution in [3.8, 4) is 0 Å². The lowest BCUT2D eigenvalue weighted by Crippen LogP contribution is -2.38. The van der Waals surface area contributed by atoms with Gasteiger partial charge in [-0.05, 0) is 37.0 Å². The second kappa shape index (κ2) is 7.20. The van der Waals surface area contributed by atoms with Crippen molar-refractivity contribution in [3.63, 3.8) is 0 Å². The number of amides is 1. The molecule has 7 nitrogen and oxygen atoms in total. The number of carbonyl (C=O) groups excluding carboxylic acids is 2. The predicted molar refractivity (Wildman–Crippen MR) is 106 cm³/mol. The lowest BCUT2D eigenvalue weighted by atomic mass is 10.00. The van der Waals surface area contributed by atoms with E-state index in [9.17, 15) is 14.4 Å². The van der Waals surface area contributed by atoms with Gasteiger partial charge in [-0.15, -0.1) is 11.3 Å². The summed E-state index contributed by atoms with van der Waals surface area (Å²) >= 11 is 1.11. The van der Waals surface area contributed by atoms with Gasteiger partial charge in [0, 0.05) is 13.1 Å². The van der Waals surface area contributed by atoms with Crippen molar-refractivity contribution in [2.75, 3.05) is 13.2 Å². The molecule has 1 aromatic carbocycles. The van der Waals surface area contributed by atoms with Crippen LogP contribution in [0.15, 0.2) is 29.1 Å². The molecule has 4 rings (SSSR count). The molecule has 1 aliphatic heterocycles. The molecule has 0 atom stereocenters. The fourth-order valence-corrected chi connectivity index (χ4v) is 4.56. The first-order chi connectivity index (χ1) is 13.4. The van der Waals surface area contributed by atoms with Crippen molar-refractivity contribution in [1.29, 1.82) is 0 Å². The Bertz CT molecular complexity index is 1150. The van der Waals surface area contributed by atoms with Crippen LogP contribution in [0.25, 0.3) is 10.2 Å². The molecule has 0 unspecified atom stereocenters. The molecule has 0 bridgehead atoms. The lowest BCUT2D eigenvalue weighted by molar-refractivity contribution is -0.135. The third-order valence-corrected chi connectivity index (χ3v) is 6.08. The Morgan fingerprint density at radius 3 is 2.79 bits per heavy atom. The molecule has 0 fully saturated rings. The molecule has 1 N–H and O–H groups in total. The lowest BCUT2D eigenvalue weighted by Gasteiger charge is -2.28. The van der Waals surface area contributed by atoms with E-state index in [2.05, 4.69) is 16.0 Å². The first-order valence-electron chi connectivity index (χ1n) is 8.95. The number of ether oxygens (including phenoxy) is 1. The second-order valence-electron chi connectivity index (χ2n) is 6.80. The van der Waals surface area contributed by atoms with Gasteiger partial charge in [0.2, 0.25) is 0 Å². The smallest absolute Gasteiger partial charge is 0.349 e. The number of aromatic nitrogens is 2. The van der Waals surface area contributed by atoms with Gasteiger partial charge < -0.3 is 14.6 Å². The van der Waals surface area contributed by atoms with Gasteiger partial charge in [0.15, 0.2) is 6.61 Å². The van der Waals surface area contributed by atoms with Crippen LogP contribution in [0.3, 0.4) is 0 Å². The minimum absolute atomic E-state index is 0.228. The van der Waals surface area contributed by atoms with Crippen LogP contribution in [0.4, 0.5) is 0 Å². The zero-order valence-corrected chi connectivity index (χ0v) is 16.4. The molecule has 0 radical (unpaired) electrons. The van der Waals surface area contributed by atoms with Crippen LogP contribution in [0.1, 0.15) is 32.2 Å². The first-order valence-corrected chi connectivity index (χ1v) is 9.77. The highest BCUT2D eigenvalue weighted by molar-refractivity contribution is 7.20. The highest BCUT2D eigenvalue weighted by atomic mass is 32.1. The van der Waals surface area contributed by atoms with Crippen molar-refractivity contribution < 1.29 is 14.3 Å². The number of aromatic amines is 1. The second-order valence-corrected chi connectivity index (χ2v) is 7.80. The Morgan fingerprint density at radius 2 is 2.00 bits per heavy atom. The highest BCUT2D eigenvalue weighted by Gasteiger charge is 2.24. The molecule has 0 saturated carbocycles. The number of nitrogens with zero attached hydrogens (tertiary/aromatic N) is 2. The summed E-state index contributed by atoms with van der Waals surface area (Å²) in [6.45, 7) is 4.17. The summed E-state index contributed by atoms with van der Waals surface area (Å²) in [5.41, 5.74) is 2.61. The zero-order valence-electron chi connectivity index (χ0n) is 15.6. The quantitative estimate of drug-likeness (QED) is 0.685. The molecule has 0 aliphatic carbocycles. The van der Waals surface area contributed by atoms with Crippen LogP contribution in [0, 0.1) is 13.8 Å². The maximum atomic E-state index is 12.5. The van der Waals surface area contributed by atoms with Crippen LogP contribution < -0.4 is 5.56 Å². The molecule has 3 heterocycles. The number of esters is 1. The summed E-state index contributed by atoms with van der Waals surface area (Å²) in [5.74, 6) is -0.351. The summed E-state index contributed by atoms with van der Waals surface area (Å²) in [7, 11) is 0. The molecule has 1 aliphatic rings. The number of nitrogens with one attached hydrogen (secondary N) is 1. The molecule has 0 saturated heterocycles. The zero-order chi connectivity index (χ0) is 19.8. The van der Waals surface area contributed by atoms with E-state index in [4.69, 9.17) is 4.74 Å². The van der Waals surface area contributed by atoms with E-state index in [1.54, 1.807) is 18.7 Å². The molecule has 1 amide bonds. The number of hydrogen-bond donors (Lipinski definition) is 1. The monoisotopic (exact) mass is 397 g/mol. The Morgan fingerprint density at radius 1 is 1.25 bits per heavy atom. The number of thiophene rings is 1. The molecular weight excluding hydrogens is 378 g/mol. The third kappa shape index (κ3) is 3.31. The Labute approximate surface area is 165 Å². The average Bonchev–Trinajstić information content (AvgIpc) is 3.02. The van der Waals surface area contributed by atoms with Gasteiger partial charge in [0.1, 0.15) is 15.5 Å². The Kier molecular flexibility index (Phi) is 4.72. The van der Waals surface area contributed by atoms with Gasteiger partial charge in [-0.2, -0.15) is 0 Å². The SMILES string of the molecule is Cc1nc2sc(C(=O)OCC(=O)N3CCc4ccccc4C3)c(C)c2c(=O)[nH]1. The van der Waals surface area contributed by atoms with Gasteiger partial charge in [-0.1, -0.05) is 24.3 Å². The summed E-state index contributed by atoms with van der Waals surface area (Å²) in [6.07, 6.45) is 0.791. The van der Waals surface area contributed by atoms with E-state index >= 15 is 0 Å². The maximum Gasteiger partial charge on any atom is 0.349 e. The van der Waals surface area contributed by atoms with Crippen LogP contribution in [-0.2, 0) is 22.5 Å². The topological polar surface area (TPSA) is 92.4 Å². The number of carbonyl (C=O) groups is 2. The Hall–Kier alpha value is -3.00. The van der Waals surface area contributed by atoms with E-state index in [0.29, 0.717) is 39.6 Å². The summed E-state index contributed by atoms with van der Waals surface area (Å²) in [5, 5.41) is 0.390. The van der Waals surface area contributed by atoms with Crippen LogP contribution in [-0.4, -0.2) is 39.9 Å². The third-order valence-electron chi connectivity index (χ3n) is 4.91. The molecule has 2 aromatic heterocycles. The Balaban J connectivity index is 1.46. The van der Waals surface area contributed by atoms with E-state index in [1.807, 2.05) is 18.2 Å². The first kappa shape index (κ1) is 18.4. The van der Waals surface area contributed by atoms with Crippen molar-refractivity contribution in [2.45, 2.75) is 26.8 Å². The largest absolute Gasteiger partial charge is 0.451 e. The maximum absolute atomic E-state index is 12.5.